The molecule has 0 fully saturated rings. The zero-order valence-electron chi connectivity index (χ0n) is 12.8. The molecule has 1 heterocycles. The Labute approximate surface area is 111 Å². The smallest absolute Gasteiger partial charge is 0.138 e. The molecule has 1 aromatic rings. The van der Waals surface area contributed by atoms with Crippen LogP contribution in [0.1, 0.15) is 45.5 Å². The van der Waals surface area contributed by atoms with Crippen LogP contribution in [0.3, 0.4) is 0 Å². The quantitative estimate of drug-likeness (QED) is 0.892. The van der Waals surface area contributed by atoms with Crippen LogP contribution in [0.4, 0.5) is 11.6 Å². The molecule has 0 aliphatic rings. The van der Waals surface area contributed by atoms with Crippen LogP contribution < -0.4 is 10.2 Å². The van der Waals surface area contributed by atoms with Crippen LogP contribution in [-0.4, -0.2) is 30.6 Å². The van der Waals surface area contributed by atoms with Crippen molar-refractivity contribution in [1.29, 1.82) is 0 Å². The van der Waals surface area contributed by atoms with Gasteiger partial charge in [-0.25, -0.2) is 9.97 Å². The van der Waals surface area contributed by atoms with Gasteiger partial charge in [-0.3, -0.25) is 0 Å². The largest absolute Gasteiger partial charge is 0.370 e. The van der Waals surface area contributed by atoms with Crippen LogP contribution in [0.2, 0.25) is 0 Å². The van der Waals surface area contributed by atoms with E-state index in [1.165, 1.54) is 0 Å². The predicted molar refractivity (Wildman–Crippen MR) is 78.6 cm³/mol. The summed E-state index contributed by atoms with van der Waals surface area (Å²) in [4.78, 5) is 11.4. The molecular formula is C14H26N4. The minimum Gasteiger partial charge on any atom is -0.370 e. The summed E-state index contributed by atoms with van der Waals surface area (Å²) >= 11 is 0. The third-order valence-electron chi connectivity index (χ3n) is 2.76. The fourth-order valence-electron chi connectivity index (χ4n) is 1.69. The van der Waals surface area contributed by atoms with Crippen LogP contribution in [-0.2, 0) is 5.41 Å². The van der Waals surface area contributed by atoms with Gasteiger partial charge in [0.05, 0.1) is 0 Å². The predicted octanol–water partition coefficient (Wildman–Crippen LogP) is 2.97. The van der Waals surface area contributed by atoms with E-state index in [0.29, 0.717) is 0 Å². The number of rotatable bonds is 4. The van der Waals surface area contributed by atoms with E-state index in [0.717, 1.165) is 36.0 Å². The van der Waals surface area contributed by atoms with Crippen molar-refractivity contribution in [3.05, 3.63) is 11.4 Å². The van der Waals surface area contributed by atoms with E-state index in [9.17, 15) is 0 Å². The second-order valence-corrected chi connectivity index (χ2v) is 5.92. The van der Waals surface area contributed by atoms with Crippen LogP contribution in [0.15, 0.2) is 0 Å². The number of nitrogens with one attached hydrogen (secondary N) is 1. The topological polar surface area (TPSA) is 41.1 Å². The summed E-state index contributed by atoms with van der Waals surface area (Å²) in [6.07, 6.45) is 1.09. The van der Waals surface area contributed by atoms with Gasteiger partial charge in [0.2, 0.25) is 0 Å². The molecule has 0 aliphatic heterocycles. The van der Waals surface area contributed by atoms with Crippen molar-refractivity contribution in [2.24, 2.45) is 0 Å². The van der Waals surface area contributed by atoms with E-state index in [1.807, 2.05) is 19.0 Å². The summed E-state index contributed by atoms with van der Waals surface area (Å²) in [7, 11) is 4.04. The number of aromatic nitrogens is 2. The fourth-order valence-corrected chi connectivity index (χ4v) is 1.69. The zero-order chi connectivity index (χ0) is 13.9. The van der Waals surface area contributed by atoms with E-state index < -0.39 is 0 Å². The summed E-state index contributed by atoms with van der Waals surface area (Å²) < 4.78 is 0. The minimum atomic E-state index is -0.0406. The maximum absolute atomic E-state index is 4.69. The van der Waals surface area contributed by atoms with Gasteiger partial charge in [-0.1, -0.05) is 27.7 Å². The van der Waals surface area contributed by atoms with Crippen molar-refractivity contribution in [2.75, 3.05) is 30.9 Å². The van der Waals surface area contributed by atoms with Crippen molar-refractivity contribution in [3.63, 3.8) is 0 Å². The molecule has 0 aliphatic carbocycles. The van der Waals surface area contributed by atoms with Gasteiger partial charge in [-0.05, 0) is 13.3 Å². The Bertz CT molecular complexity index is 405. The fraction of sp³-hybridized carbons (Fsp3) is 0.714. The molecule has 1 N–H and O–H groups in total. The molecule has 102 valence electrons. The van der Waals surface area contributed by atoms with Crippen molar-refractivity contribution in [1.82, 2.24) is 9.97 Å². The normalized spacial score (nSPS) is 11.5. The Balaban J connectivity index is 3.28. The number of nitrogens with zero attached hydrogens (tertiary/aromatic N) is 3. The molecule has 0 saturated carbocycles. The lowest BCUT2D eigenvalue weighted by Crippen LogP contribution is -2.22. The van der Waals surface area contributed by atoms with Crippen LogP contribution in [0, 0.1) is 6.92 Å². The van der Waals surface area contributed by atoms with E-state index in [1.54, 1.807) is 0 Å². The first-order chi connectivity index (χ1) is 8.27. The maximum Gasteiger partial charge on any atom is 0.138 e. The molecule has 4 nitrogen and oxygen atoms in total. The Hall–Kier alpha value is -1.32. The molecule has 0 spiro atoms. The lowest BCUT2D eigenvalue weighted by molar-refractivity contribution is 0.545. The highest BCUT2D eigenvalue weighted by Gasteiger charge is 2.21. The Morgan fingerprint density at radius 3 is 2.22 bits per heavy atom. The van der Waals surface area contributed by atoms with Crippen LogP contribution >= 0.6 is 0 Å². The lowest BCUT2D eigenvalue weighted by atomic mass is 9.95. The first-order valence-corrected chi connectivity index (χ1v) is 6.57. The summed E-state index contributed by atoms with van der Waals surface area (Å²) in [6.45, 7) is 11.6. The molecule has 0 aromatic carbocycles. The average molecular weight is 250 g/mol. The van der Waals surface area contributed by atoms with Gasteiger partial charge < -0.3 is 10.2 Å². The molecule has 0 atom stereocenters. The first kappa shape index (κ1) is 14.7. The highest BCUT2D eigenvalue weighted by Crippen LogP contribution is 2.27. The molecular weight excluding hydrogens is 224 g/mol. The Kier molecular flexibility index (Phi) is 4.54. The van der Waals surface area contributed by atoms with Crippen LogP contribution in [0.5, 0.6) is 0 Å². The standard InChI is InChI=1S/C14H26N4/c1-8-9-15-11-10(2)12(18(6)7)17-13(16-11)14(3,4)5/h8-9H2,1-7H3,(H,15,16,17). The van der Waals surface area contributed by atoms with Crippen molar-refractivity contribution >= 4 is 11.6 Å². The highest BCUT2D eigenvalue weighted by molar-refractivity contribution is 5.58. The van der Waals surface area contributed by atoms with Gasteiger partial charge in [0, 0.05) is 31.6 Å². The molecule has 0 saturated heterocycles. The van der Waals surface area contributed by atoms with Gasteiger partial charge in [0.25, 0.3) is 0 Å². The summed E-state index contributed by atoms with van der Waals surface area (Å²) in [5.74, 6) is 2.84. The Morgan fingerprint density at radius 1 is 1.17 bits per heavy atom. The maximum atomic E-state index is 4.69. The van der Waals surface area contributed by atoms with Crippen LogP contribution in [0.25, 0.3) is 0 Å². The molecule has 1 aromatic heterocycles. The zero-order valence-corrected chi connectivity index (χ0v) is 12.8. The van der Waals surface area contributed by atoms with Crippen molar-refractivity contribution in [3.8, 4) is 0 Å². The van der Waals surface area contributed by atoms with Gasteiger partial charge in [-0.15, -0.1) is 0 Å². The SMILES string of the molecule is CCCNc1nc(C(C)(C)C)nc(N(C)C)c1C. The number of hydrogen-bond donors (Lipinski definition) is 1. The second-order valence-electron chi connectivity index (χ2n) is 5.92. The third kappa shape index (κ3) is 3.34. The van der Waals surface area contributed by atoms with Crippen molar-refractivity contribution in [2.45, 2.75) is 46.5 Å². The lowest BCUT2D eigenvalue weighted by Gasteiger charge is -2.23. The number of anilines is 2. The monoisotopic (exact) mass is 250 g/mol. The van der Waals surface area contributed by atoms with Gasteiger partial charge in [-0.2, -0.15) is 0 Å². The highest BCUT2D eigenvalue weighted by atomic mass is 15.2. The molecule has 18 heavy (non-hydrogen) atoms. The van der Waals surface area contributed by atoms with Gasteiger partial charge >= 0.3 is 0 Å². The summed E-state index contributed by atoms with van der Waals surface area (Å²) in [5.41, 5.74) is 1.07. The van der Waals surface area contributed by atoms with E-state index >= 15 is 0 Å². The Morgan fingerprint density at radius 2 is 1.78 bits per heavy atom. The summed E-state index contributed by atoms with van der Waals surface area (Å²) in [6, 6.07) is 0. The molecule has 0 amide bonds. The van der Waals surface area contributed by atoms with Gasteiger partial charge in [0.15, 0.2) is 0 Å². The number of hydrogen-bond acceptors (Lipinski definition) is 4. The van der Waals surface area contributed by atoms with E-state index in [-0.39, 0.29) is 5.41 Å². The molecule has 1 rings (SSSR count). The minimum absolute atomic E-state index is 0.0406. The molecule has 0 unspecified atom stereocenters. The first-order valence-electron chi connectivity index (χ1n) is 6.57. The average Bonchev–Trinajstić information content (AvgIpc) is 2.25. The molecule has 4 heteroatoms. The van der Waals surface area contributed by atoms with Gasteiger partial charge in [0.1, 0.15) is 17.5 Å². The third-order valence-corrected chi connectivity index (χ3v) is 2.76. The van der Waals surface area contributed by atoms with E-state index in [4.69, 9.17) is 0 Å². The van der Waals surface area contributed by atoms with Crippen molar-refractivity contribution < 1.29 is 0 Å². The molecule has 0 bridgehead atoms. The second kappa shape index (κ2) is 5.55. The molecule has 0 radical (unpaired) electrons. The van der Waals surface area contributed by atoms with E-state index in [2.05, 4.69) is 49.9 Å². The summed E-state index contributed by atoms with van der Waals surface area (Å²) in [5, 5.41) is 3.39.